The number of nitrogens with zero attached hydrogens (tertiary/aromatic N) is 4. The Balaban J connectivity index is 1.62. The number of ether oxygens (including phenoxy) is 2. The Morgan fingerprint density at radius 2 is 1.84 bits per heavy atom. The lowest BCUT2D eigenvalue weighted by molar-refractivity contribution is -0.384. The number of aliphatic imine (C=N–C) groups is 1. The van der Waals surface area contributed by atoms with E-state index in [-0.39, 0.29) is 17.3 Å². The summed E-state index contributed by atoms with van der Waals surface area (Å²) >= 11 is 0. The van der Waals surface area contributed by atoms with Gasteiger partial charge in [0.25, 0.3) is 5.69 Å². The molecule has 9 nitrogen and oxygen atoms in total. The van der Waals surface area contributed by atoms with Crippen molar-refractivity contribution in [1.82, 2.24) is 0 Å². The van der Waals surface area contributed by atoms with Gasteiger partial charge in [0, 0.05) is 44.5 Å². The van der Waals surface area contributed by atoms with Crippen LogP contribution in [0.3, 0.4) is 0 Å². The summed E-state index contributed by atoms with van der Waals surface area (Å²) in [6.45, 7) is 2.20. The summed E-state index contributed by atoms with van der Waals surface area (Å²) in [5, 5.41) is 11.7. The van der Waals surface area contributed by atoms with E-state index in [0.29, 0.717) is 37.6 Å². The van der Waals surface area contributed by atoms with Crippen molar-refractivity contribution in [3.63, 3.8) is 0 Å². The van der Waals surface area contributed by atoms with Crippen molar-refractivity contribution in [3.8, 4) is 0 Å². The largest absolute Gasteiger partial charge is 0.402 e. The third-order valence-electron chi connectivity index (χ3n) is 5.10. The quantitative estimate of drug-likeness (QED) is 0.316. The van der Waals surface area contributed by atoms with E-state index in [0.717, 1.165) is 11.3 Å². The summed E-state index contributed by atoms with van der Waals surface area (Å²) in [4.78, 5) is 31.7. The molecule has 0 radical (unpaired) electrons. The van der Waals surface area contributed by atoms with E-state index in [2.05, 4.69) is 4.99 Å². The van der Waals surface area contributed by atoms with E-state index in [1.165, 1.54) is 6.07 Å². The van der Waals surface area contributed by atoms with E-state index >= 15 is 0 Å². The second kappa shape index (κ2) is 8.57. The Labute approximate surface area is 179 Å². The Morgan fingerprint density at radius 3 is 2.48 bits per heavy atom. The summed E-state index contributed by atoms with van der Waals surface area (Å²) in [6.07, 6.45) is 1.63. The van der Waals surface area contributed by atoms with Gasteiger partial charge < -0.3 is 19.3 Å². The van der Waals surface area contributed by atoms with Crippen LogP contribution < -0.4 is 9.80 Å². The number of nitro benzene ring substituents is 1. The summed E-state index contributed by atoms with van der Waals surface area (Å²) in [6, 6.07) is 12.4. The number of carbonyl (C=O) groups is 1. The fourth-order valence-electron chi connectivity index (χ4n) is 3.43. The number of hydrogen-bond donors (Lipinski definition) is 0. The lowest BCUT2D eigenvalue weighted by Gasteiger charge is -2.28. The molecule has 0 amide bonds. The molecule has 1 saturated heterocycles. The number of carbonyl (C=O) groups excluding carboxylic acids is 1. The third kappa shape index (κ3) is 4.41. The molecule has 2 heterocycles. The number of esters is 1. The first-order valence-electron chi connectivity index (χ1n) is 9.84. The van der Waals surface area contributed by atoms with Gasteiger partial charge in [-0.15, -0.1) is 0 Å². The van der Waals surface area contributed by atoms with Crippen LogP contribution in [0.4, 0.5) is 17.1 Å². The van der Waals surface area contributed by atoms with Crippen LogP contribution in [0.25, 0.3) is 6.08 Å². The van der Waals surface area contributed by atoms with E-state index < -0.39 is 10.9 Å². The van der Waals surface area contributed by atoms with E-state index in [1.807, 2.05) is 48.2 Å². The highest BCUT2D eigenvalue weighted by Crippen LogP contribution is 2.31. The molecule has 0 atom stereocenters. The van der Waals surface area contributed by atoms with Crippen LogP contribution in [0.2, 0.25) is 0 Å². The molecule has 0 aliphatic carbocycles. The maximum atomic E-state index is 12.3. The molecule has 160 valence electrons. The maximum absolute atomic E-state index is 12.3. The summed E-state index contributed by atoms with van der Waals surface area (Å²) in [5.41, 5.74) is 2.81. The summed E-state index contributed by atoms with van der Waals surface area (Å²) in [7, 11) is 3.89. The number of cyclic esters (lactones) is 1. The van der Waals surface area contributed by atoms with Gasteiger partial charge in [0.05, 0.1) is 18.1 Å². The maximum Gasteiger partial charge on any atom is 0.363 e. The molecule has 0 N–H and O–H groups in total. The standard InChI is InChI=1S/C22H22N4O5/c1-24(2)17-6-3-15(4-7-17)13-18-22(27)31-21(23-18)16-5-8-19(20(14-16)26(28)29)25-9-11-30-12-10-25/h3-8,13-14H,9-12H2,1-2H3. The van der Waals surface area contributed by atoms with Crippen molar-refractivity contribution >= 4 is 35.0 Å². The number of nitro groups is 1. The molecule has 0 unspecified atom stereocenters. The van der Waals surface area contributed by atoms with Crippen LogP contribution >= 0.6 is 0 Å². The van der Waals surface area contributed by atoms with Crippen molar-refractivity contribution < 1.29 is 19.2 Å². The molecule has 2 aliphatic rings. The second-order valence-corrected chi connectivity index (χ2v) is 7.38. The predicted molar refractivity (Wildman–Crippen MR) is 118 cm³/mol. The molecule has 0 aromatic heterocycles. The van der Waals surface area contributed by atoms with Gasteiger partial charge in [-0.05, 0) is 35.9 Å². The van der Waals surface area contributed by atoms with E-state index in [9.17, 15) is 14.9 Å². The topological polar surface area (TPSA) is 97.5 Å². The van der Waals surface area contributed by atoms with Gasteiger partial charge in [-0.1, -0.05) is 12.1 Å². The zero-order valence-corrected chi connectivity index (χ0v) is 17.3. The molecule has 0 spiro atoms. The minimum absolute atomic E-state index is 0.0535. The number of rotatable bonds is 5. The van der Waals surface area contributed by atoms with Gasteiger partial charge in [-0.3, -0.25) is 10.1 Å². The molecule has 9 heteroatoms. The zero-order chi connectivity index (χ0) is 22.0. The average molecular weight is 422 g/mol. The van der Waals surface area contributed by atoms with E-state index in [4.69, 9.17) is 9.47 Å². The van der Waals surface area contributed by atoms with Gasteiger partial charge in [0.2, 0.25) is 5.90 Å². The Morgan fingerprint density at radius 1 is 1.13 bits per heavy atom. The van der Waals surface area contributed by atoms with Crippen LogP contribution in [0.15, 0.2) is 53.2 Å². The van der Waals surface area contributed by atoms with Crippen LogP contribution in [-0.2, 0) is 14.3 Å². The Bertz CT molecular complexity index is 1070. The number of morpholine rings is 1. The van der Waals surface area contributed by atoms with Crippen molar-refractivity contribution in [2.24, 2.45) is 4.99 Å². The lowest BCUT2D eigenvalue weighted by atomic mass is 10.1. The summed E-state index contributed by atoms with van der Waals surface area (Å²) in [5.74, 6) is -0.538. The minimum atomic E-state index is -0.591. The molecular formula is C22H22N4O5. The second-order valence-electron chi connectivity index (χ2n) is 7.38. The highest BCUT2D eigenvalue weighted by Gasteiger charge is 2.28. The number of benzene rings is 2. The van der Waals surface area contributed by atoms with Gasteiger partial charge in [0.1, 0.15) is 5.69 Å². The van der Waals surface area contributed by atoms with Gasteiger partial charge in [0.15, 0.2) is 5.70 Å². The average Bonchev–Trinajstić information content (AvgIpc) is 3.14. The highest BCUT2D eigenvalue weighted by molar-refractivity contribution is 6.13. The molecule has 0 bridgehead atoms. The lowest BCUT2D eigenvalue weighted by Crippen LogP contribution is -2.36. The fraction of sp³-hybridized carbons (Fsp3) is 0.273. The first-order valence-corrected chi connectivity index (χ1v) is 9.84. The van der Waals surface area contributed by atoms with Gasteiger partial charge in [-0.25, -0.2) is 9.79 Å². The highest BCUT2D eigenvalue weighted by atomic mass is 16.6. The minimum Gasteiger partial charge on any atom is -0.402 e. The molecular weight excluding hydrogens is 400 g/mol. The van der Waals surface area contributed by atoms with Crippen LogP contribution in [0.5, 0.6) is 0 Å². The first kappa shape index (κ1) is 20.5. The van der Waals surface area contributed by atoms with Crippen molar-refractivity contribution in [3.05, 3.63) is 69.4 Å². The first-order chi connectivity index (χ1) is 14.9. The normalized spacial score (nSPS) is 17.5. The third-order valence-corrected chi connectivity index (χ3v) is 5.10. The van der Waals surface area contributed by atoms with Gasteiger partial charge >= 0.3 is 5.97 Å². The monoisotopic (exact) mass is 422 g/mol. The molecule has 0 saturated carbocycles. The van der Waals surface area contributed by atoms with Crippen molar-refractivity contribution in [2.75, 3.05) is 50.2 Å². The number of hydrogen-bond acceptors (Lipinski definition) is 8. The predicted octanol–water partition coefficient (Wildman–Crippen LogP) is 2.84. The van der Waals surface area contributed by atoms with Crippen molar-refractivity contribution in [1.29, 1.82) is 0 Å². The summed E-state index contributed by atoms with van der Waals surface area (Å²) < 4.78 is 10.6. The molecule has 2 aliphatic heterocycles. The zero-order valence-electron chi connectivity index (χ0n) is 17.3. The molecule has 4 rings (SSSR count). The molecule has 2 aromatic carbocycles. The number of anilines is 2. The van der Waals surface area contributed by atoms with E-state index in [1.54, 1.807) is 18.2 Å². The van der Waals surface area contributed by atoms with Gasteiger partial charge in [-0.2, -0.15) is 0 Å². The smallest absolute Gasteiger partial charge is 0.363 e. The Kier molecular flexibility index (Phi) is 5.68. The Hall–Kier alpha value is -3.72. The molecule has 31 heavy (non-hydrogen) atoms. The molecule has 1 fully saturated rings. The molecule has 2 aromatic rings. The fourth-order valence-corrected chi connectivity index (χ4v) is 3.43. The SMILES string of the molecule is CN(C)c1ccc(C=C2N=C(c3ccc(N4CCOCC4)c([N+](=O)[O-])c3)OC2=O)cc1. The van der Waals surface area contributed by atoms with Crippen LogP contribution in [-0.4, -0.2) is 57.2 Å². The van der Waals surface area contributed by atoms with Crippen LogP contribution in [0, 0.1) is 10.1 Å². The van der Waals surface area contributed by atoms with Crippen molar-refractivity contribution in [2.45, 2.75) is 0 Å². The van der Waals surface area contributed by atoms with Crippen LogP contribution in [0.1, 0.15) is 11.1 Å².